The Balaban J connectivity index is 1.46. The monoisotopic (exact) mass is 451 g/mol. The molecule has 0 spiro atoms. The maximum absolute atomic E-state index is 12.6. The second-order valence-electron chi connectivity index (χ2n) is 10.5. The summed E-state index contributed by atoms with van der Waals surface area (Å²) >= 11 is 0. The number of amides is 1. The molecule has 1 saturated heterocycles. The van der Waals surface area contributed by atoms with Gasteiger partial charge in [-0.1, -0.05) is 24.3 Å². The fourth-order valence-electron chi connectivity index (χ4n) is 5.26. The second kappa shape index (κ2) is 8.42. The van der Waals surface area contributed by atoms with Crippen LogP contribution in [0.25, 0.3) is 0 Å². The topological polar surface area (TPSA) is 68.2 Å². The average Bonchev–Trinajstić information content (AvgIpc) is 3.45. The first-order valence-corrected chi connectivity index (χ1v) is 11.8. The van der Waals surface area contributed by atoms with E-state index in [1.54, 1.807) is 4.90 Å². The highest BCUT2D eigenvalue weighted by molar-refractivity contribution is 5.68. The third-order valence-electron chi connectivity index (χ3n) is 7.06. The van der Waals surface area contributed by atoms with Crippen LogP contribution in [0.2, 0.25) is 0 Å². The Bertz CT molecular complexity index is 991. The molecule has 176 valence electrons. The number of carbonyl (C=O) groups is 1. The molecule has 0 aromatic heterocycles. The number of hydrogen-bond acceptors (Lipinski definition) is 5. The first kappa shape index (κ1) is 22.4. The SMILES string of the molecule is CC(C)(C)OC(=O)N1CCC(C(O)(c2ccc3c(c2)COC3)c2ccc3c(c2)COC3)CC1. The maximum atomic E-state index is 12.6. The standard InChI is InChI=1S/C27H33NO5/c1-26(2,3)33-25(29)28-10-8-22(9-11-28)27(30,23-6-4-18-14-31-16-20(18)12-23)24-7-5-19-15-32-17-21(19)13-24/h4-7,12-13,22,30H,8-11,14-17H2,1-3H3. The van der Waals surface area contributed by atoms with Gasteiger partial charge in [0.25, 0.3) is 0 Å². The van der Waals surface area contributed by atoms with Crippen LogP contribution in [-0.4, -0.2) is 34.8 Å². The summed E-state index contributed by atoms with van der Waals surface area (Å²) in [7, 11) is 0. The molecule has 1 N–H and O–H groups in total. The van der Waals surface area contributed by atoms with Crippen molar-refractivity contribution in [3.05, 3.63) is 69.8 Å². The number of fused-ring (bicyclic) bond motifs is 2. The highest BCUT2D eigenvalue weighted by atomic mass is 16.6. The Morgan fingerprint density at radius 2 is 1.36 bits per heavy atom. The molecule has 0 radical (unpaired) electrons. The number of hydrogen-bond donors (Lipinski definition) is 1. The Hall–Kier alpha value is -2.41. The summed E-state index contributed by atoms with van der Waals surface area (Å²) in [4.78, 5) is 14.3. The summed E-state index contributed by atoms with van der Waals surface area (Å²) in [6.07, 6.45) is 1.10. The van der Waals surface area contributed by atoms with E-state index in [2.05, 4.69) is 24.3 Å². The maximum Gasteiger partial charge on any atom is 0.410 e. The molecular weight excluding hydrogens is 418 g/mol. The normalized spacial score (nSPS) is 18.8. The summed E-state index contributed by atoms with van der Waals surface area (Å²) in [5.74, 6) is -0.0306. The largest absolute Gasteiger partial charge is 0.444 e. The number of aliphatic hydroxyl groups is 1. The molecule has 3 heterocycles. The molecule has 0 saturated carbocycles. The number of ether oxygens (including phenoxy) is 3. The Labute approximate surface area is 195 Å². The van der Waals surface area contributed by atoms with Crippen molar-refractivity contribution in [3.8, 4) is 0 Å². The summed E-state index contributed by atoms with van der Waals surface area (Å²) in [5, 5.41) is 12.4. The van der Waals surface area contributed by atoms with Crippen molar-refractivity contribution in [1.82, 2.24) is 4.90 Å². The van der Waals surface area contributed by atoms with Crippen molar-refractivity contribution < 1.29 is 24.1 Å². The predicted octanol–water partition coefficient (Wildman–Crippen LogP) is 4.63. The van der Waals surface area contributed by atoms with Crippen LogP contribution in [0.15, 0.2) is 36.4 Å². The Morgan fingerprint density at radius 3 is 1.85 bits per heavy atom. The molecule has 0 unspecified atom stereocenters. The number of nitrogens with zero attached hydrogens (tertiary/aromatic N) is 1. The van der Waals surface area contributed by atoms with Crippen LogP contribution < -0.4 is 0 Å². The summed E-state index contributed by atoms with van der Waals surface area (Å²) in [5.41, 5.74) is 4.75. The van der Waals surface area contributed by atoms with Gasteiger partial charge in [-0.05, 0) is 85.0 Å². The zero-order chi connectivity index (χ0) is 23.2. The lowest BCUT2D eigenvalue weighted by molar-refractivity contribution is -0.0238. The van der Waals surface area contributed by atoms with Crippen LogP contribution in [-0.2, 0) is 46.2 Å². The van der Waals surface area contributed by atoms with Crippen LogP contribution in [0, 0.1) is 5.92 Å². The fourth-order valence-corrected chi connectivity index (χ4v) is 5.26. The zero-order valence-corrected chi connectivity index (χ0v) is 19.7. The lowest BCUT2D eigenvalue weighted by Crippen LogP contribution is -2.47. The van der Waals surface area contributed by atoms with Gasteiger partial charge >= 0.3 is 6.09 Å². The molecule has 2 aromatic rings. The van der Waals surface area contributed by atoms with Gasteiger partial charge in [0.05, 0.1) is 26.4 Å². The summed E-state index contributed by atoms with van der Waals surface area (Å²) < 4.78 is 16.8. The van der Waals surface area contributed by atoms with Gasteiger partial charge in [-0.3, -0.25) is 0 Å². The molecule has 6 heteroatoms. The summed E-state index contributed by atoms with van der Waals surface area (Å²) in [6, 6.07) is 12.4. The number of rotatable bonds is 3. The number of likely N-dealkylation sites (tertiary alicyclic amines) is 1. The van der Waals surface area contributed by atoms with Crippen molar-refractivity contribution in [2.75, 3.05) is 13.1 Å². The predicted molar refractivity (Wildman–Crippen MR) is 123 cm³/mol. The van der Waals surface area contributed by atoms with Gasteiger partial charge < -0.3 is 24.2 Å². The van der Waals surface area contributed by atoms with Gasteiger partial charge in [0.15, 0.2) is 0 Å². The first-order chi connectivity index (χ1) is 15.7. The Kier molecular flexibility index (Phi) is 5.71. The third kappa shape index (κ3) is 4.27. The van der Waals surface area contributed by atoms with Gasteiger partial charge in [0.2, 0.25) is 0 Å². The minimum Gasteiger partial charge on any atom is -0.444 e. The lowest BCUT2D eigenvalue weighted by atomic mass is 9.71. The lowest BCUT2D eigenvalue weighted by Gasteiger charge is -2.42. The van der Waals surface area contributed by atoms with Crippen LogP contribution in [0.3, 0.4) is 0 Å². The van der Waals surface area contributed by atoms with Crippen LogP contribution in [0.1, 0.15) is 67.0 Å². The molecule has 5 rings (SSSR count). The van der Waals surface area contributed by atoms with E-state index in [-0.39, 0.29) is 12.0 Å². The van der Waals surface area contributed by atoms with Gasteiger partial charge in [-0.25, -0.2) is 4.79 Å². The van der Waals surface area contributed by atoms with E-state index in [9.17, 15) is 9.90 Å². The molecule has 0 aliphatic carbocycles. The van der Waals surface area contributed by atoms with Crippen LogP contribution in [0.4, 0.5) is 4.79 Å². The summed E-state index contributed by atoms with van der Waals surface area (Å²) in [6.45, 7) is 9.16. The van der Waals surface area contributed by atoms with Crippen molar-refractivity contribution in [1.29, 1.82) is 0 Å². The molecule has 0 bridgehead atoms. The van der Waals surface area contributed by atoms with E-state index in [0.29, 0.717) is 52.4 Å². The van der Waals surface area contributed by atoms with Crippen LogP contribution in [0.5, 0.6) is 0 Å². The van der Waals surface area contributed by atoms with E-state index >= 15 is 0 Å². The molecule has 6 nitrogen and oxygen atoms in total. The van der Waals surface area contributed by atoms with Crippen LogP contribution >= 0.6 is 0 Å². The molecule has 33 heavy (non-hydrogen) atoms. The van der Waals surface area contributed by atoms with Crippen molar-refractivity contribution in [2.24, 2.45) is 5.92 Å². The highest BCUT2D eigenvalue weighted by Gasteiger charge is 2.43. The first-order valence-electron chi connectivity index (χ1n) is 11.8. The average molecular weight is 452 g/mol. The fraction of sp³-hybridized carbons (Fsp3) is 0.519. The van der Waals surface area contributed by atoms with Gasteiger partial charge in [-0.2, -0.15) is 0 Å². The molecule has 3 aliphatic heterocycles. The molecular formula is C27H33NO5. The molecule has 0 atom stereocenters. The van der Waals surface area contributed by atoms with E-state index in [1.165, 1.54) is 11.1 Å². The number of piperidine rings is 1. The molecule has 3 aliphatic rings. The van der Waals surface area contributed by atoms with Crippen molar-refractivity contribution in [3.63, 3.8) is 0 Å². The minimum atomic E-state index is -1.16. The van der Waals surface area contributed by atoms with Gasteiger partial charge in [0.1, 0.15) is 11.2 Å². The Morgan fingerprint density at radius 1 is 0.879 bits per heavy atom. The smallest absolute Gasteiger partial charge is 0.410 e. The zero-order valence-electron chi connectivity index (χ0n) is 19.7. The van der Waals surface area contributed by atoms with E-state index in [0.717, 1.165) is 22.3 Å². The quantitative estimate of drug-likeness (QED) is 0.737. The second-order valence-corrected chi connectivity index (χ2v) is 10.5. The third-order valence-corrected chi connectivity index (χ3v) is 7.06. The minimum absolute atomic E-state index is 0.0306. The molecule has 2 aromatic carbocycles. The molecule has 1 amide bonds. The number of carbonyl (C=O) groups excluding carboxylic acids is 1. The molecule has 1 fully saturated rings. The van der Waals surface area contributed by atoms with E-state index < -0.39 is 11.2 Å². The van der Waals surface area contributed by atoms with Crippen molar-refractivity contribution >= 4 is 6.09 Å². The number of benzene rings is 2. The van der Waals surface area contributed by atoms with Gasteiger partial charge in [-0.15, -0.1) is 0 Å². The highest BCUT2D eigenvalue weighted by Crippen LogP contribution is 2.44. The van der Waals surface area contributed by atoms with E-state index in [1.807, 2.05) is 32.9 Å². The van der Waals surface area contributed by atoms with Gasteiger partial charge in [0, 0.05) is 13.1 Å². The van der Waals surface area contributed by atoms with Crippen molar-refractivity contribution in [2.45, 2.75) is 71.2 Å². The van der Waals surface area contributed by atoms with E-state index in [4.69, 9.17) is 14.2 Å².